The fraction of sp³-hybridized carbons (Fsp3) is 0.571. The van der Waals surface area contributed by atoms with Crippen molar-refractivity contribution >= 4 is 16.1 Å². The lowest BCUT2D eigenvalue weighted by atomic mass is 10.4. The number of carbonyl (C=O) groups is 1. The van der Waals surface area contributed by atoms with Crippen LogP contribution in [0, 0.1) is 0 Å². The van der Waals surface area contributed by atoms with E-state index in [2.05, 4.69) is 5.32 Å². The maximum absolute atomic E-state index is 12.8. The molecule has 0 aromatic rings. The van der Waals surface area contributed by atoms with Gasteiger partial charge in [-0.25, -0.2) is 13.2 Å². The highest BCUT2D eigenvalue weighted by Gasteiger charge is 2.16. The van der Waals surface area contributed by atoms with Gasteiger partial charge in [0.2, 0.25) is 10.0 Å². The highest BCUT2D eigenvalue weighted by Crippen LogP contribution is 1.94. The van der Waals surface area contributed by atoms with E-state index in [1.165, 1.54) is 4.83 Å². The highest BCUT2D eigenvalue weighted by atomic mass is 32.2. The predicted octanol–water partition coefficient (Wildman–Crippen LogP) is 0.660. The fourth-order valence-electron chi connectivity index (χ4n) is 0.762. The first-order valence-electron chi connectivity index (χ1n) is 4.17. The van der Waals surface area contributed by atoms with Crippen molar-refractivity contribution < 1.29 is 17.7 Å². The van der Waals surface area contributed by atoms with Crippen LogP contribution in [0.5, 0.6) is 0 Å². The van der Waals surface area contributed by atoms with E-state index in [-0.39, 0.29) is 0 Å². The average molecular weight is 239 g/mol. The van der Waals surface area contributed by atoms with E-state index < -0.39 is 21.3 Å². The molecule has 0 bridgehead atoms. The zero-order valence-corrected chi connectivity index (χ0v) is 9.56. The Labute approximate surface area is 88.1 Å². The van der Waals surface area contributed by atoms with Gasteiger partial charge in [0.05, 0.1) is 6.26 Å². The molecule has 0 aliphatic carbocycles. The Bertz CT molecular complexity index is 352. The van der Waals surface area contributed by atoms with Crippen LogP contribution in [-0.4, -0.2) is 25.9 Å². The van der Waals surface area contributed by atoms with Gasteiger partial charge >= 0.3 is 6.03 Å². The Balaban J connectivity index is 4.29. The molecular formula is C7H14FN3O3S. The number of hydrogen-bond acceptors (Lipinski definition) is 3. The molecule has 0 rings (SSSR count). The van der Waals surface area contributed by atoms with Crippen LogP contribution < -0.4 is 10.1 Å². The van der Waals surface area contributed by atoms with Gasteiger partial charge in [-0.3, -0.25) is 0 Å². The van der Waals surface area contributed by atoms with Crippen molar-refractivity contribution in [3.8, 4) is 0 Å². The summed E-state index contributed by atoms with van der Waals surface area (Å²) < 4.78 is 33.9. The van der Waals surface area contributed by atoms with Crippen LogP contribution >= 0.6 is 0 Å². The van der Waals surface area contributed by atoms with Crippen LogP contribution in [0.25, 0.3) is 0 Å². The second-order valence-corrected chi connectivity index (χ2v) is 4.60. The van der Waals surface area contributed by atoms with Crippen molar-refractivity contribution in [1.82, 2.24) is 15.4 Å². The SMILES string of the molecule is CC/C=C(\C)NC(=O)N(F)NS(C)(=O)=O. The Kier molecular flexibility index (Phi) is 5.23. The average Bonchev–Trinajstić information content (AvgIpc) is 2.00. The smallest absolute Gasteiger partial charge is 0.309 e. The maximum atomic E-state index is 12.8. The monoisotopic (exact) mass is 239 g/mol. The molecule has 2 N–H and O–H groups in total. The summed E-state index contributed by atoms with van der Waals surface area (Å²) in [4.78, 5) is 12.3. The lowest BCUT2D eigenvalue weighted by Crippen LogP contribution is -2.44. The molecule has 0 radical (unpaired) electrons. The number of sulfonamides is 1. The number of rotatable bonds is 4. The van der Waals surface area contributed by atoms with Crippen molar-refractivity contribution in [3.63, 3.8) is 0 Å². The van der Waals surface area contributed by atoms with Crippen LogP contribution in [-0.2, 0) is 10.0 Å². The number of nitrogens with one attached hydrogen (secondary N) is 2. The van der Waals surface area contributed by atoms with E-state index in [1.54, 1.807) is 13.0 Å². The summed E-state index contributed by atoms with van der Waals surface area (Å²) >= 11 is 0. The summed E-state index contributed by atoms with van der Waals surface area (Å²) in [5.74, 6) is 0. The van der Waals surface area contributed by atoms with E-state index in [0.717, 1.165) is 6.26 Å². The highest BCUT2D eigenvalue weighted by molar-refractivity contribution is 7.88. The van der Waals surface area contributed by atoms with E-state index in [1.807, 2.05) is 6.92 Å². The largest absolute Gasteiger partial charge is 0.366 e. The van der Waals surface area contributed by atoms with Crippen LogP contribution in [0.1, 0.15) is 20.3 Å². The summed E-state index contributed by atoms with van der Waals surface area (Å²) in [5.41, 5.74) is 0.445. The lowest BCUT2D eigenvalue weighted by Gasteiger charge is -2.12. The third-order valence-electron chi connectivity index (χ3n) is 1.24. The Morgan fingerprint density at radius 1 is 1.53 bits per heavy atom. The van der Waals surface area contributed by atoms with E-state index >= 15 is 0 Å². The Morgan fingerprint density at radius 3 is 2.47 bits per heavy atom. The second kappa shape index (κ2) is 5.66. The predicted molar refractivity (Wildman–Crippen MR) is 53.5 cm³/mol. The topological polar surface area (TPSA) is 78.5 Å². The summed E-state index contributed by atoms with van der Waals surface area (Å²) in [7, 11) is -3.80. The Morgan fingerprint density at radius 2 is 2.07 bits per heavy atom. The number of allylic oxidation sites excluding steroid dienone is 2. The van der Waals surface area contributed by atoms with Gasteiger partial charge in [-0.15, -0.1) is 0 Å². The molecule has 15 heavy (non-hydrogen) atoms. The molecule has 0 aliphatic heterocycles. The van der Waals surface area contributed by atoms with Crippen LogP contribution in [0.2, 0.25) is 0 Å². The minimum atomic E-state index is -3.80. The minimum absolute atomic E-state index is 0.445. The van der Waals surface area contributed by atoms with Crippen molar-refractivity contribution in [1.29, 1.82) is 0 Å². The van der Waals surface area contributed by atoms with Crippen molar-refractivity contribution in [3.05, 3.63) is 11.8 Å². The number of carbonyl (C=O) groups excluding carboxylic acids is 1. The molecule has 0 unspecified atom stereocenters. The summed E-state index contributed by atoms with van der Waals surface area (Å²) in [5, 5.41) is 1.53. The summed E-state index contributed by atoms with van der Waals surface area (Å²) in [6, 6.07) is -1.19. The Hall–Kier alpha value is -1.15. The number of amides is 2. The number of halogens is 1. The molecule has 0 fully saturated rings. The molecule has 0 heterocycles. The molecule has 0 aliphatic rings. The van der Waals surface area contributed by atoms with Crippen molar-refractivity contribution in [2.45, 2.75) is 20.3 Å². The molecule has 0 aromatic heterocycles. The summed E-state index contributed by atoms with van der Waals surface area (Å²) in [6.07, 6.45) is 3.08. The van der Waals surface area contributed by atoms with Gasteiger partial charge in [0.1, 0.15) is 0 Å². The van der Waals surface area contributed by atoms with Gasteiger partial charge in [-0.05, 0) is 13.3 Å². The van der Waals surface area contributed by atoms with E-state index in [4.69, 9.17) is 0 Å². The first-order chi connectivity index (χ1) is 6.76. The third kappa shape index (κ3) is 6.86. The third-order valence-corrected chi connectivity index (χ3v) is 1.73. The zero-order chi connectivity index (χ0) is 12.1. The molecular weight excluding hydrogens is 225 g/mol. The van der Waals surface area contributed by atoms with Gasteiger partial charge in [-0.1, -0.05) is 27.5 Å². The van der Waals surface area contributed by atoms with Crippen molar-refractivity contribution in [2.24, 2.45) is 0 Å². The van der Waals surface area contributed by atoms with Gasteiger partial charge in [0.25, 0.3) is 0 Å². The van der Waals surface area contributed by atoms with Crippen LogP contribution in [0.15, 0.2) is 11.8 Å². The fourth-order valence-corrected chi connectivity index (χ4v) is 1.14. The second-order valence-electron chi connectivity index (χ2n) is 2.87. The molecule has 0 saturated carbocycles. The molecule has 2 amide bonds. The molecule has 0 aromatic carbocycles. The van der Waals surface area contributed by atoms with Gasteiger partial charge in [0, 0.05) is 5.70 Å². The minimum Gasteiger partial charge on any atom is -0.309 e. The standard InChI is InChI=1S/C7H14FN3O3S/c1-4-5-6(2)9-7(12)11(8)10-15(3,13)14/h5,10H,4H2,1-3H3,(H,9,12)/b6-5+. The molecule has 0 spiro atoms. The number of hydrogen-bond donors (Lipinski definition) is 2. The molecule has 88 valence electrons. The number of urea groups is 1. The first-order valence-corrected chi connectivity index (χ1v) is 6.06. The normalized spacial score (nSPS) is 12.4. The van der Waals surface area contributed by atoms with Crippen molar-refractivity contribution in [2.75, 3.05) is 6.26 Å². The van der Waals surface area contributed by atoms with Gasteiger partial charge in [0.15, 0.2) is 0 Å². The molecule has 6 nitrogen and oxygen atoms in total. The number of hydrazine groups is 1. The van der Waals surface area contributed by atoms with Gasteiger partial charge < -0.3 is 5.32 Å². The number of nitrogens with zero attached hydrogens (tertiary/aromatic N) is 1. The van der Waals surface area contributed by atoms with E-state index in [9.17, 15) is 17.7 Å². The van der Waals surface area contributed by atoms with Crippen LogP contribution in [0.3, 0.4) is 0 Å². The maximum Gasteiger partial charge on any atom is 0.366 e. The first kappa shape index (κ1) is 13.8. The molecule has 0 atom stereocenters. The quantitative estimate of drug-likeness (QED) is 0.558. The van der Waals surface area contributed by atoms with E-state index in [0.29, 0.717) is 12.1 Å². The molecule has 8 heteroatoms. The van der Waals surface area contributed by atoms with Gasteiger partial charge in [-0.2, -0.15) is 0 Å². The molecule has 0 saturated heterocycles. The zero-order valence-electron chi connectivity index (χ0n) is 8.74. The summed E-state index contributed by atoms with van der Waals surface area (Å²) in [6.45, 7) is 3.41. The van der Waals surface area contributed by atoms with Crippen LogP contribution in [0.4, 0.5) is 9.28 Å². The lowest BCUT2D eigenvalue weighted by molar-refractivity contribution is 0.0459.